The summed E-state index contributed by atoms with van der Waals surface area (Å²) in [4.78, 5) is 24.4. The van der Waals surface area contributed by atoms with Crippen molar-refractivity contribution in [3.05, 3.63) is 30.5 Å². The van der Waals surface area contributed by atoms with Gasteiger partial charge in [-0.1, -0.05) is 11.6 Å². The minimum atomic E-state index is -1.18. The first-order valence-electron chi connectivity index (χ1n) is 9.01. The third-order valence-electron chi connectivity index (χ3n) is 4.99. The third-order valence-corrected chi connectivity index (χ3v) is 5.27. The maximum absolute atomic E-state index is 10.5. The molecule has 5 heterocycles. The van der Waals surface area contributed by atoms with Gasteiger partial charge in [0, 0.05) is 6.54 Å². The van der Waals surface area contributed by atoms with Gasteiger partial charge in [0.1, 0.15) is 42.0 Å². The molecule has 4 atom stereocenters. The molecule has 1 aliphatic heterocycles. The minimum absolute atomic E-state index is 0.222. The predicted octanol–water partition coefficient (Wildman–Crippen LogP) is -0.932. The van der Waals surface area contributed by atoms with Gasteiger partial charge in [-0.3, -0.25) is 9.88 Å². The van der Waals surface area contributed by atoms with Gasteiger partial charge < -0.3 is 25.3 Å². The zero-order valence-electron chi connectivity index (χ0n) is 15.4. The molecule has 4 aromatic rings. The highest BCUT2D eigenvalue weighted by Crippen LogP contribution is 2.31. The molecule has 0 saturated carbocycles. The molecule has 30 heavy (non-hydrogen) atoms. The van der Waals surface area contributed by atoms with Crippen LogP contribution in [0.3, 0.4) is 0 Å². The standard InChI is InChI=1S/C16H17ClN10O3/c17-12-9-14(22-2-20-12)25-5-26(9)4-19-1-7-10(28)11(29)16(30-7)27-6-24-8-13(18)21-3-23-15(8)27/h2-3,5-7,10-11,16,19,28-29H,1,4H2,(H2,18,21,23). The fraction of sp³-hybridized carbons (Fsp3) is 0.375. The second-order valence-corrected chi connectivity index (χ2v) is 7.15. The van der Waals surface area contributed by atoms with Crippen molar-refractivity contribution in [3.63, 3.8) is 0 Å². The predicted molar refractivity (Wildman–Crippen MR) is 104 cm³/mol. The molecule has 156 valence electrons. The lowest BCUT2D eigenvalue weighted by molar-refractivity contribution is -0.0345. The van der Waals surface area contributed by atoms with Gasteiger partial charge in [-0.25, -0.2) is 29.9 Å². The largest absolute Gasteiger partial charge is 0.387 e. The summed E-state index contributed by atoms with van der Waals surface area (Å²) < 4.78 is 9.17. The van der Waals surface area contributed by atoms with Crippen LogP contribution in [0.15, 0.2) is 25.3 Å². The van der Waals surface area contributed by atoms with Crippen molar-refractivity contribution < 1.29 is 14.9 Å². The number of hydrogen-bond donors (Lipinski definition) is 4. The first kappa shape index (κ1) is 19.0. The molecular weight excluding hydrogens is 416 g/mol. The molecule has 13 nitrogen and oxygen atoms in total. The number of rotatable bonds is 5. The first-order chi connectivity index (χ1) is 14.5. The van der Waals surface area contributed by atoms with Crippen LogP contribution in [0.4, 0.5) is 5.82 Å². The van der Waals surface area contributed by atoms with E-state index in [1.807, 2.05) is 0 Å². The molecule has 0 spiro atoms. The third kappa shape index (κ3) is 3.03. The van der Waals surface area contributed by atoms with Crippen LogP contribution in [0.2, 0.25) is 5.15 Å². The number of ether oxygens (including phenoxy) is 1. The number of nitrogens with zero attached hydrogens (tertiary/aromatic N) is 8. The summed E-state index contributed by atoms with van der Waals surface area (Å²) in [5.74, 6) is 0.222. The van der Waals surface area contributed by atoms with Gasteiger partial charge in [0.2, 0.25) is 0 Å². The highest BCUT2D eigenvalue weighted by molar-refractivity contribution is 6.33. The fourth-order valence-electron chi connectivity index (χ4n) is 3.50. The van der Waals surface area contributed by atoms with Crippen molar-refractivity contribution in [3.8, 4) is 0 Å². The van der Waals surface area contributed by atoms with E-state index in [9.17, 15) is 10.2 Å². The van der Waals surface area contributed by atoms with Crippen molar-refractivity contribution in [2.75, 3.05) is 12.3 Å². The van der Waals surface area contributed by atoms with E-state index in [-0.39, 0.29) is 12.4 Å². The van der Waals surface area contributed by atoms with E-state index in [4.69, 9.17) is 22.1 Å². The van der Waals surface area contributed by atoms with E-state index in [1.54, 1.807) is 10.9 Å². The SMILES string of the molecule is Nc1ncnc2c1ncn2C1OC(CNCn2cnc3ncnc(Cl)c32)C(O)C1O. The molecule has 5 rings (SSSR count). The van der Waals surface area contributed by atoms with Gasteiger partial charge in [0.25, 0.3) is 0 Å². The van der Waals surface area contributed by atoms with E-state index in [2.05, 4.69) is 35.2 Å². The van der Waals surface area contributed by atoms with E-state index >= 15 is 0 Å². The molecule has 0 radical (unpaired) electrons. The second kappa shape index (κ2) is 7.37. The Morgan fingerprint density at radius 2 is 1.90 bits per heavy atom. The monoisotopic (exact) mass is 432 g/mol. The maximum atomic E-state index is 10.5. The Labute approximate surface area is 173 Å². The van der Waals surface area contributed by atoms with Crippen molar-refractivity contribution in [1.29, 1.82) is 0 Å². The van der Waals surface area contributed by atoms with Crippen molar-refractivity contribution >= 4 is 39.7 Å². The normalized spacial score (nSPS) is 24.2. The number of aliphatic hydroxyl groups excluding tert-OH is 2. The van der Waals surface area contributed by atoms with Crippen LogP contribution < -0.4 is 11.1 Å². The zero-order valence-corrected chi connectivity index (χ0v) is 16.1. The lowest BCUT2D eigenvalue weighted by Crippen LogP contribution is -2.38. The van der Waals surface area contributed by atoms with Crippen LogP contribution in [0.5, 0.6) is 0 Å². The summed E-state index contributed by atoms with van der Waals surface area (Å²) in [5, 5.41) is 24.4. The Kier molecular flexibility index (Phi) is 4.67. The summed E-state index contributed by atoms with van der Waals surface area (Å²) in [5.41, 5.74) is 7.69. The average molecular weight is 433 g/mol. The maximum Gasteiger partial charge on any atom is 0.182 e. The molecule has 5 N–H and O–H groups in total. The molecule has 1 aliphatic rings. The van der Waals surface area contributed by atoms with Crippen molar-refractivity contribution in [1.82, 2.24) is 44.4 Å². The highest BCUT2D eigenvalue weighted by atomic mass is 35.5. The Morgan fingerprint density at radius 3 is 2.77 bits per heavy atom. The van der Waals surface area contributed by atoms with Crippen LogP contribution in [0, 0.1) is 0 Å². The molecule has 0 bridgehead atoms. The topological polar surface area (TPSA) is 175 Å². The Hall–Kier alpha value is -2.97. The van der Waals surface area contributed by atoms with E-state index in [1.165, 1.54) is 23.5 Å². The Balaban J connectivity index is 1.29. The van der Waals surface area contributed by atoms with Crippen LogP contribution in [0.25, 0.3) is 22.3 Å². The molecule has 0 amide bonds. The molecule has 14 heteroatoms. The van der Waals surface area contributed by atoms with Gasteiger partial charge in [0.15, 0.2) is 28.5 Å². The Bertz CT molecular complexity index is 1210. The molecule has 4 aromatic heterocycles. The van der Waals surface area contributed by atoms with Crippen LogP contribution in [0.1, 0.15) is 6.23 Å². The van der Waals surface area contributed by atoms with Gasteiger partial charge in [-0.15, -0.1) is 0 Å². The number of aliphatic hydroxyl groups is 2. The summed E-state index contributed by atoms with van der Waals surface area (Å²) in [7, 11) is 0. The zero-order chi connectivity index (χ0) is 20.8. The number of anilines is 1. The summed E-state index contributed by atoms with van der Waals surface area (Å²) in [6, 6.07) is 0. The number of nitrogens with one attached hydrogen (secondary N) is 1. The first-order valence-corrected chi connectivity index (χ1v) is 9.39. The average Bonchev–Trinajstić information content (AvgIpc) is 3.42. The molecular formula is C16H17ClN10O3. The Morgan fingerprint density at radius 1 is 1.07 bits per heavy atom. The number of fused-ring (bicyclic) bond motifs is 2. The van der Waals surface area contributed by atoms with Crippen molar-refractivity contribution in [2.45, 2.75) is 31.2 Å². The minimum Gasteiger partial charge on any atom is -0.387 e. The summed E-state index contributed by atoms with van der Waals surface area (Å²) in [6.07, 6.45) is 1.84. The van der Waals surface area contributed by atoms with Crippen LogP contribution in [-0.2, 0) is 11.4 Å². The van der Waals surface area contributed by atoms with Crippen LogP contribution in [-0.4, -0.2) is 74.1 Å². The van der Waals surface area contributed by atoms with Gasteiger partial charge in [-0.05, 0) is 0 Å². The highest BCUT2D eigenvalue weighted by Gasteiger charge is 2.44. The van der Waals surface area contributed by atoms with E-state index in [0.717, 1.165) is 0 Å². The summed E-state index contributed by atoms with van der Waals surface area (Å²) >= 11 is 6.12. The number of hydrogen-bond acceptors (Lipinski definition) is 11. The quantitative estimate of drug-likeness (QED) is 0.286. The number of nitrogen functional groups attached to an aromatic ring is 1. The van der Waals surface area contributed by atoms with E-state index < -0.39 is 24.5 Å². The molecule has 0 aliphatic carbocycles. The lowest BCUT2D eigenvalue weighted by Gasteiger charge is -2.16. The molecule has 4 unspecified atom stereocenters. The number of nitrogens with two attached hydrogens (primary N) is 1. The van der Waals surface area contributed by atoms with Gasteiger partial charge in [0.05, 0.1) is 19.3 Å². The number of imidazole rings is 2. The van der Waals surface area contributed by atoms with E-state index in [0.29, 0.717) is 34.1 Å². The number of halogens is 1. The molecule has 1 saturated heterocycles. The van der Waals surface area contributed by atoms with Crippen molar-refractivity contribution in [2.24, 2.45) is 0 Å². The van der Waals surface area contributed by atoms with Gasteiger partial charge >= 0.3 is 0 Å². The molecule has 1 fully saturated rings. The van der Waals surface area contributed by atoms with Crippen LogP contribution >= 0.6 is 11.6 Å². The fourth-order valence-corrected chi connectivity index (χ4v) is 3.74. The number of aromatic nitrogens is 8. The smallest absolute Gasteiger partial charge is 0.182 e. The summed E-state index contributed by atoms with van der Waals surface area (Å²) in [6.45, 7) is 0.582. The second-order valence-electron chi connectivity index (χ2n) is 6.79. The van der Waals surface area contributed by atoms with Gasteiger partial charge in [-0.2, -0.15) is 0 Å². The molecule has 0 aromatic carbocycles. The lowest BCUT2D eigenvalue weighted by atomic mass is 10.1.